The first kappa shape index (κ1) is 24.3. The summed E-state index contributed by atoms with van der Waals surface area (Å²) in [5, 5.41) is 0.879. The largest absolute Gasteiger partial charge is 0.462 e. The van der Waals surface area contributed by atoms with Gasteiger partial charge in [0.05, 0.1) is 0 Å². The summed E-state index contributed by atoms with van der Waals surface area (Å²) < 4.78 is 17.9. The fourth-order valence-electron chi connectivity index (χ4n) is 4.51. The van der Waals surface area contributed by atoms with Gasteiger partial charge in [-0.05, 0) is 34.7 Å². The standard InChI is InChI=1S/C28H21BrN2O6/c29-19-11-12-20-21(14-19)24(18-9-5-2-6-10-18)25(27(33)37-28(30)34)31(26(20)32)22(23-15-35-16-36-23)13-17-7-3-1-4-8-17/h1-12,14-15,22H,13,16H2,(H2,30,34). The Balaban J connectivity index is 1.90. The second-order valence-electron chi connectivity index (χ2n) is 8.32. The molecule has 0 saturated heterocycles. The van der Waals surface area contributed by atoms with E-state index in [1.807, 2.05) is 60.7 Å². The van der Waals surface area contributed by atoms with Crippen LogP contribution in [0, 0.1) is 0 Å². The fraction of sp³-hybridized carbons (Fsp3) is 0.107. The number of rotatable bonds is 6. The van der Waals surface area contributed by atoms with E-state index in [-0.39, 0.29) is 12.5 Å². The molecule has 0 bridgehead atoms. The zero-order valence-corrected chi connectivity index (χ0v) is 21.0. The maximum absolute atomic E-state index is 14.1. The molecule has 9 heteroatoms. The van der Waals surface area contributed by atoms with Crippen molar-refractivity contribution in [1.29, 1.82) is 0 Å². The maximum Gasteiger partial charge on any atom is 0.412 e. The summed E-state index contributed by atoms with van der Waals surface area (Å²) in [5.41, 5.74) is 6.60. The van der Waals surface area contributed by atoms with Gasteiger partial charge in [0.1, 0.15) is 18.0 Å². The number of allylic oxidation sites excluding steroid dienone is 1. The molecule has 1 atom stereocenters. The number of aromatic nitrogens is 1. The van der Waals surface area contributed by atoms with Crippen molar-refractivity contribution in [2.24, 2.45) is 5.73 Å². The second-order valence-corrected chi connectivity index (χ2v) is 9.23. The molecule has 4 aromatic rings. The normalized spacial score (nSPS) is 13.4. The lowest BCUT2D eigenvalue weighted by atomic mass is 9.95. The van der Waals surface area contributed by atoms with Gasteiger partial charge in [0.25, 0.3) is 5.56 Å². The molecule has 8 nitrogen and oxygen atoms in total. The van der Waals surface area contributed by atoms with Crippen molar-refractivity contribution in [2.45, 2.75) is 12.5 Å². The van der Waals surface area contributed by atoms with Crippen molar-refractivity contribution < 1.29 is 23.8 Å². The Hall–Kier alpha value is -4.37. The first-order valence-electron chi connectivity index (χ1n) is 11.4. The molecular formula is C28H21BrN2O6. The van der Waals surface area contributed by atoms with Gasteiger partial charge in [-0.3, -0.25) is 9.36 Å². The number of carbonyl (C=O) groups is 2. The van der Waals surface area contributed by atoms with Gasteiger partial charge in [-0.15, -0.1) is 0 Å². The second kappa shape index (κ2) is 10.3. The number of fused-ring (bicyclic) bond motifs is 1. The van der Waals surface area contributed by atoms with Crippen molar-refractivity contribution in [3.8, 4) is 11.1 Å². The van der Waals surface area contributed by atoms with Crippen LogP contribution in [0.2, 0.25) is 0 Å². The zero-order chi connectivity index (χ0) is 25.9. The topological polar surface area (TPSA) is 110 Å². The summed E-state index contributed by atoms with van der Waals surface area (Å²) in [7, 11) is 0. The molecule has 0 saturated carbocycles. The van der Waals surface area contributed by atoms with Gasteiger partial charge in [-0.1, -0.05) is 76.6 Å². The molecule has 0 radical (unpaired) electrons. The van der Waals surface area contributed by atoms with Crippen LogP contribution < -0.4 is 11.3 Å². The molecule has 1 aliphatic heterocycles. The number of primary amides is 1. The van der Waals surface area contributed by atoms with Crippen LogP contribution in [0.1, 0.15) is 22.1 Å². The van der Waals surface area contributed by atoms with Crippen molar-refractivity contribution in [2.75, 3.05) is 6.79 Å². The third kappa shape index (κ3) is 4.85. The molecular weight excluding hydrogens is 540 g/mol. The van der Waals surface area contributed by atoms with Gasteiger partial charge in [0.15, 0.2) is 5.76 Å². The smallest absolute Gasteiger partial charge is 0.412 e. The highest BCUT2D eigenvalue weighted by Gasteiger charge is 2.33. The Labute approximate surface area is 220 Å². The van der Waals surface area contributed by atoms with Gasteiger partial charge in [-0.2, -0.15) is 0 Å². The summed E-state index contributed by atoms with van der Waals surface area (Å²) in [6.07, 6.45) is 0.442. The Morgan fingerprint density at radius 1 is 1.00 bits per heavy atom. The molecule has 37 heavy (non-hydrogen) atoms. The summed E-state index contributed by atoms with van der Waals surface area (Å²) >= 11 is 3.47. The number of hydrogen-bond acceptors (Lipinski definition) is 6. The number of carbonyl (C=O) groups excluding carboxylic acids is 2. The maximum atomic E-state index is 14.1. The minimum Gasteiger partial charge on any atom is -0.462 e. The Morgan fingerprint density at radius 2 is 1.70 bits per heavy atom. The van der Waals surface area contributed by atoms with Gasteiger partial charge < -0.3 is 19.9 Å². The third-order valence-electron chi connectivity index (χ3n) is 6.03. The molecule has 5 rings (SSSR count). The van der Waals surface area contributed by atoms with Gasteiger partial charge in [0.2, 0.25) is 6.79 Å². The SMILES string of the molecule is NC(=O)OC(=O)c1c(-c2ccccc2)c2cc(Br)ccc2c(=O)n1C(Cc1ccccc1)C1=COCO1. The number of nitrogens with two attached hydrogens (primary N) is 1. The summed E-state index contributed by atoms with van der Waals surface area (Å²) in [4.78, 5) is 39.3. The Bertz CT molecular complexity index is 1580. The van der Waals surface area contributed by atoms with E-state index >= 15 is 0 Å². The quantitative estimate of drug-likeness (QED) is 0.253. The molecule has 2 N–H and O–H groups in total. The number of ether oxygens (including phenoxy) is 3. The average molecular weight is 561 g/mol. The van der Waals surface area contributed by atoms with Crippen molar-refractivity contribution in [3.63, 3.8) is 0 Å². The zero-order valence-electron chi connectivity index (χ0n) is 19.4. The average Bonchev–Trinajstić information content (AvgIpc) is 3.43. The van der Waals surface area contributed by atoms with Crippen LogP contribution in [0.15, 0.2) is 100 Å². The summed E-state index contributed by atoms with van der Waals surface area (Å²) in [5.74, 6) is -0.697. The Morgan fingerprint density at radius 3 is 2.35 bits per heavy atom. The number of halogens is 1. The first-order chi connectivity index (χ1) is 17.9. The number of hydrogen-bond donors (Lipinski definition) is 1. The molecule has 1 aromatic heterocycles. The van der Waals surface area contributed by atoms with Gasteiger partial charge in [0, 0.05) is 21.8 Å². The number of benzene rings is 3. The van der Waals surface area contributed by atoms with E-state index in [2.05, 4.69) is 15.9 Å². The number of esters is 1. The number of nitrogens with zero attached hydrogens (tertiary/aromatic N) is 1. The molecule has 1 unspecified atom stereocenters. The van der Waals surface area contributed by atoms with Crippen molar-refractivity contribution >= 4 is 38.8 Å². The van der Waals surface area contributed by atoms with E-state index < -0.39 is 23.7 Å². The van der Waals surface area contributed by atoms with Crippen molar-refractivity contribution in [3.05, 3.63) is 117 Å². The van der Waals surface area contributed by atoms with Crippen LogP contribution in [-0.4, -0.2) is 23.4 Å². The van der Waals surface area contributed by atoms with E-state index in [9.17, 15) is 14.4 Å². The van der Waals surface area contributed by atoms with E-state index in [1.165, 1.54) is 10.8 Å². The number of amides is 1. The third-order valence-corrected chi connectivity index (χ3v) is 6.53. The fourth-order valence-corrected chi connectivity index (χ4v) is 4.87. The van der Waals surface area contributed by atoms with Crippen LogP contribution in [0.4, 0.5) is 4.79 Å². The van der Waals surface area contributed by atoms with Gasteiger partial charge >= 0.3 is 12.1 Å². The van der Waals surface area contributed by atoms with Crippen LogP contribution in [0.5, 0.6) is 0 Å². The molecule has 0 fully saturated rings. The number of pyridine rings is 1. The lowest BCUT2D eigenvalue weighted by Crippen LogP contribution is -2.34. The first-order valence-corrected chi connectivity index (χ1v) is 12.2. The van der Waals surface area contributed by atoms with E-state index in [4.69, 9.17) is 19.9 Å². The highest BCUT2D eigenvalue weighted by Crippen LogP contribution is 2.36. The highest BCUT2D eigenvalue weighted by atomic mass is 79.9. The van der Waals surface area contributed by atoms with Crippen molar-refractivity contribution in [1.82, 2.24) is 4.57 Å². The molecule has 186 valence electrons. The molecule has 2 heterocycles. The predicted octanol–water partition coefficient (Wildman–Crippen LogP) is 5.30. The lowest BCUT2D eigenvalue weighted by Gasteiger charge is -2.25. The molecule has 0 spiro atoms. The molecule has 3 aromatic carbocycles. The Kier molecular flexibility index (Phi) is 6.78. The molecule has 0 aliphatic carbocycles. The minimum atomic E-state index is -1.28. The van der Waals surface area contributed by atoms with Crippen LogP contribution in [0.3, 0.4) is 0 Å². The lowest BCUT2D eigenvalue weighted by molar-refractivity contribution is 0.0611. The minimum absolute atomic E-state index is 0.0253. The van der Waals surface area contributed by atoms with E-state index in [0.717, 1.165) is 5.56 Å². The predicted molar refractivity (Wildman–Crippen MR) is 141 cm³/mol. The summed E-state index contributed by atoms with van der Waals surface area (Å²) in [6, 6.07) is 23.0. The van der Waals surface area contributed by atoms with Crippen LogP contribution in [-0.2, 0) is 20.6 Å². The summed E-state index contributed by atoms with van der Waals surface area (Å²) in [6.45, 7) is -0.0253. The van der Waals surface area contributed by atoms with E-state index in [1.54, 1.807) is 18.2 Å². The molecule has 1 aliphatic rings. The van der Waals surface area contributed by atoms with Crippen LogP contribution >= 0.6 is 15.9 Å². The van der Waals surface area contributed by atoms with E-state index in [0.29, 0.717) is 38.6 Å². The van der Waals surface area contributed by atoms with Gasteiger partial charge in [-0.25, -0.2) is 9.59 Å². The van der Waals surface area contributed by atoms with Crippen LogP contribution in [0.25, 0.3) is 21.9 Å². The highest BCUT2D eigenvalue weighted by molar-refractivity contribution is 9.10. The monoisotopic (exact) mass is 560 g/mol. The molecule has 1 amide bonds.